The smallest absolute Gasteiger partial charge is 0.337 e. The van der Waals surface area contributed by atoms with E-state index in [1.807, 2.05) is 0 Å². The molecule has 0 aliphatic rings. The SMILES string of the molecule is COC(=O)c1cccc(CS(=O)(=O)CC(=O)Nc2ccccc2)c1. The number of benzene rings is 2. The van der Waals surface area contributed by atoms with E-state index in [2.05, 4.69) is 10.1 Å². The Morgan fingerprint density at radius 1 is 1.04 bits per heavy atom. The van der Waals surface area contributed by atoms with Gasteiger partial charge in [0.1, 0.15) is 5.75 Å². The molecule has 7 heteroatoms. The molecule has 2 aromatic rings. The first-order chi connectivity index (χ1) is 11.4. The summed E-state index contributed by atoms with van der Waals surface area (Å²) >= 11 is 0. The molecule has 0 bridgehead atoms. The van der Waals surface area contributed by atoms with Crippen molar-refractivity contribution in [2.45, 2.75) is 5.75 Å². The number of hydrogen-bond acceptors (Lipinski definition) is 5. The lowest BCUT2D eigenvalue weighted by Crippen LogP contribution is -2.24. The summed E-state index contributed by atoms with van der Waals surface area (Å²) in [5, 5.41) is 2.53. The highest BCUT2D eigenvalue weighted by Gasteiger charge is 2.18. The normalized spacial score (nSPS) is 10.9. The molecule has 2 rings (SSSR count). The quantitative estimate of drug-likeness (QED) is 0.808. The van der Waals surface area contributed by atoms with Gasteiger partial charge in [0.15, 0.2) is 9.84 Å². The molecule has 0 fully saturated rings. The van der Waals surface area contributed by atoms with E-state index in [1.165, 1.54) is 19.2 Å². The van der Waals surface area contributed by atoms with Gasteiger partial charge < -0.3 is 10.1 Å². The van der Waals surface area contributed by atoms with Crippen molar-refractivity contribution in [3.05, 3.63) is 65.7 Å². The Balaban J connectivity index is 2.03. The summed E-state index contributed by atoms with van der Waals surface area (Å²) in [5.74, 6) is -2.12. The number of amides is 1. The largest absolute Gasteiger partial charge is 0.465 e. The molecule has 0 aliphatic heterocycles. The monoisotopic (exact) mass is 347 g/mol. The van der Waals surface area contributed by atoms with Crippen molar-refractivity contribution in [3.63, 3.8) is 0 Å². The Morgan fingerprint density at radius 3 is 2.42 bits per heavy atom. The summed E-state index contributed by atoms with van der Waals surface area (Å²) in [4.78, 5) is 23.4. The van der Waals surface area contributed by atoms with Crippen LogP contribution in [0.2, 0.25) is 0 Å². The Labute approximate surface area is 140 Å². The van der Waals surface area contributed by atoms with E-state index >= 15 is 0 Å². The van der Waals surface area contributed by atoms with Crippen molar-refractivity contribution >= 4 is 27.4 Å². The van der Waals surface area contributed by atoms with Gasteiger partial charge in [0.05, 0.1) is 18.4 Å². The highest BCUT2D eigenvalue weighted by Crippen LogP contribution is 2.12. The van der Waals surface area contributed by atoms with Gasteiger partial charge in [-0.2, -0.15) is 0 Å². The molecule has 0 unspecified atom stereocenters. The fourth-order valence-electron chi connectivity index (χ4n) is 2.13. The van der Waals surface area contributed by atoms with Crippen LogP contribution in [0.25, 0.3) is 0 Å². The van der Waals surface area contributed by atoms with E-state index in [-0.39, 0.29) is 11.3 Å². The van der Waals surface area contributed by atoms with E-state index in [9.17, 15) is 18.0 Å². The zero-order valence-electron chi connectivity index (χ0n) is 13.1. The molecule has 24 heavy (non-hydrogen) atoms. The van der Waals surface area contributed by atoms with Crippen molar-refractivity contribution in [1.82, 2.24) is 0 Å². The molecule has 0 atom stereocenters. The Morgan fingerprint density at radius 2 is 1.75 bits per heavy atom. The number of esters is 1. The maximum Gasteiger partial charge on any atom is 0.337 e. The molecular formula is C17H17NO5S. The maximum absolute atomic E-state index is 12.2. The Hall–Kier alpha value is -2.67. The number of carbonyl (C=O) groups excluding carboxylic acids is 2. The third-order valence-electron chi connectivity index (χ3n) is 3.14. The minimum absolute atomic E-state index is 0.263. The van der Waals surface area contributed by atoms with Crippen LogP contribution in [0.5, 0.6) is 0 Å². The first-order valence-corrected chi connectivity index (χ1v) is 8.94. The second kappa shape index (κ2) is 7.74. The topological polar surface area (TPSA) is 89.5 Å². The number of rotatable bonds is 6. The van der Waals surface area contributed by atoms with Crippen LogP contribution in [-0.2, 0) is 25.1 Å². The van der Waals surface area contributed by atoms with Gasteiger partial charge in [-0.15, -0.1) is 0 Å². The van der Waals surface area contributed by atoms with E-state index in [0.717, 1.165) is 0 Å². The average Bonchev–Trinajstić information content (AvgIpc) is 2.54. The van der Waals surface area contributed by atoms with Crippen LogP contribution in [0, 0.1) is 0 Å². The summed E-state index contributed by atoms with van der Waals surface area (Å²) in [6, 6.07) is 14.7. The fourth-order valence-corrected chi connectivity index (χ4v) is 3.39. The van der Waals surface area contributed by atoms with Crippen LogP contribution >= 0.6 is 0 Å². The number of sulfone groups is 1. The molecule has 6 nitrogen and oxygen atoms in total. The molecule has 0 heterocycles. The zero-order valence-corrected chi connectivity index (χ0v) is 13.9. The Bertz CT molecular complexity index is 831. The van der Waals surface area contributed by atoms with Crippen molar-refractivity contribution in [2.75, 3.05) is 18.2 Å². The molecule has 0 saturated heterocycles. The summed E-state index contributed by atoms with van der Waals surface area (Å²) in [6.45, 7) is 0. The summed E-state index contributed by atoms with van der Waals surface area (Å²) < 4.78 is 28.9. The van der Waals surface area contributed by atoms with Gasteiger partial charge >= 0.3 is 5.97 Å². The first-order valence-electron chi connectivity index (χ1n) is 7.12. The predicted molar refractivity (Wildman–Crippen MR) is 90.3 cm³/mol. The minimum atomic E-state index is -3.67. The minimum Gasteiger partial charge on any atom is -0.465 e. The zero-order chi connectivity index (χ0) is 17.6. The van der Waals surface area contributed by atoms with Crippen molar-refractivity contribution in [1.29, 1.82) is 0 Å². The van der Waals surface area contributed by atoms with Crippen LogP contribution in [0.3, 0.4) is 0 Å². The molecule has 2 aromatic carbocycles. The molecule has 1 N–H and O–H groups in total. The van der Waals surface area contributed by atoms with Gasteiger partial charge in [-0.05, 0) is 29.8 Å². The number of nitrogens with one attached hydrogen (secondary N) is 1. The molecule has 0 spiro atoms. The molecule has 126 valence electrons. The summed E-state index contributed by atoms with van der Waals surface area (Å²) in [6.07, 6.45) is 0. The van der Waals surface area contributed by atoms with Crippen molar-refractivity contribution < 1.29 is 22.7 Å². The molecular weight excluding hydrogens is 330 g/mol. The third kappa shape index (κ3) is 5.20. The average molecular weight is 347 g/mol. The van der Waals surface area contributed by atoms with Crippen LogP contribution in [0.15, 0.2) is 54.6 Å². The van der Waals surface area contributed by atoms with Crippen LogP contribution in [0.4, 0.5) is 5.69 Å². The van der Waals surface area contributed by atoms with Gasteiger partial charge in [0.25, 0.3) is 0 Å². The first kappa shape index (κ1) is 17.7. The number of para-hydroxylation sites is 1. The number of anilines is 1. The molecule has 1 amide bonds. The highest BCUT2D eigenvalue weighted by molar-refractivity contribution is 7.91. The van der Waals surface area contributed by atoms with Crippen molar-refractivity contribution in [3.8, 4) is 0 Å². The van der Waals surface area contributed by atoms with Gasteiger partial charge in [-0.3, -0.25) is 4.79 Å². The number of methoxy groups -OCH3 is 1. The summed E-state index contributed by atoms with van der Waals surface area (Å²) in [5.41, 5.74) is 1.22. The van der Waals surface area contributed by atoms with Crippen LogP contribution < -0.4 is 5.32 Å². The van der Waals surface area contributed by atoms with Gasteiger partial charge in [-0.25, -0.2) is 13.2 Å². The number of ether oxygens (including phenoxy) is 1. The maximum atomic E-state index is 12.2. The fraction of sp³-hybridized carbons (Fsp3) is 0.176. The van der Waals surface area contributed by atoms with Gasteiger partial charge in [-0.1, -0.05) is 30.3 Å². The Kier molecular flexibility index (Phi) is 5.70. The second-order valence-corrected chi connectivity index (χ2v) is 7.20. The van der Waals surface area contributed by atoms with E-state index in [1.54, 1.807) is 42.5 Å². The van der Waals surface area contributed by atoms with Crippen molar-refractivity contribution in [2.24, 2.45) is 0 Å². The second-order valence-electron chi connectivity index (χ2n) is 5.14. The van der Waals surface area contributed by atoms with Gasteiger partial charge in [0.2, 0.25) is 5.91 Å². The van der Waals surface area contributed by atoms with Gasteiger partial charge in [0, 0.05) is 5.69 Å². The summed E-state index contributed by atoms with van der Waals surface area (Å²) in [7, 11) is -2.42. The predicted octanol–water partition coefficient (Wildman–Crippen LogP) is 2.03. The standard InChI is InChI=1S/C17H17NO5S/c1-23-17(20)14-7-5-6-13(10-14)11-24(21,22)12-16(19)18-15-8-3-2-4-9-15/h2-10H,11-12H2,1H3,(H,18,19). The molecule has 0 aromatic heterocycles. The highest BCUT2D eigenvalue weighted by atomic mass is 32.2. The number of hydrogen-bond donors (Lipinski definition) is 1. The van der Waals surface area contributed by atoms with E-state index < -0.39 is 27.5 Å². The third-order valence-corrected chi connectivity index (χ3v) is 4.62. The van der Waals surface area contributed by atoms with Crippen LogP contribution in [0.1, 0.15) is 15.9 Å². The van der Waals surface area contributed by atoms with Crippen LogP contribution in [-0.4, -0.2) is 33.2 Å². The lowest BCUT2D eigenvalue weighted by molar-refractivity contribution is -0.113. The van der Waals surface area contributed by atoms with E-state index in [0.29, 0.717) is 11.3 Å². The molecule has 0 saturated carbocycles. The molecule has 0 radical (unpaired) electrons. The number of carbonyl (C=O) groups is 2. The molecule has 0 aliphatic carbocycles. The lowest BCUT2D eigenvalue weighted by Gasteiger charge is -2.07. The lowest BCUT2D eigenvalue weighted by atomic mass is 10.1. The van der Waals surface area contributed by atoms with E-state index in [4.69, 9.17) is 0 Å².